The number of aliphatic hydroxyl groups is 1. The number of anilines is 1. The average Bonchev–Trinajstić information content (AvgIpc) is 2.27. The quantitative estimate of drug-likeness (QED) is 0.710. The highest BCUT2D eigenvalue weighted by Crippen LogP contribution is 2.19. The molecule has 0 saturated carbocycles. The number of methoxy groups -OCH3 is 1. The highest BCUT2D eigenvalue weighted by Gasteiger charge is 2.05. The number of benzene rings is 1. The number of likely N-dealkylation sites (N-methyl/N-ethyl adjacent to an activating group) is 1. The van der Waals surface area contributed by atoms with E-state index in [4.69, 9.17) is 15.6 Å². The van der Waals surface area contributed by atoms with Gasteiger partial charge in [0.05, 0.1) is 13.7 Å². The second kappa shape index (κ2) is 6.35. The van der Waals surface area contributed by atoms with Gasteiger partial charge in [0, 0.05) is 24.8 Å². The topological polar surface area (TPSA) is 58.7 Å². The SMILES string of the molecule is CCN(CCO)Cc1cc(N)cc(OC)c1. The minimum absolute atomic E-state index is 0.174. The molecule has 0 bridgehead atoms. The zero-order valence-corrected chi connectivity index (χ0v) is 9.94. The number of nitrogen functional groups attached to an aromatic ring is 1. The summed E-state index contributed by atoms with van der Waals surface area (Å²) < 4.78 is 5.16. The van der Waals surface area contributed by atoms with Crippen molar-refractivity contribution in [3.05, 3.63) is 23.8 Å². The van der Waals surface area contributed by atoms with Gasteiger partial charge in [-0.15, -0.1) is 0 Å². The van der Waals surface area contributed by atoms with Gasteiger partial charge in [0.25, 0.3) is 0 Å². The first kappa shape index (κ1) is 12.8. The van der Waals surface area contributed by atoms with Crippen molar-refractivity contribution in [3.8, 4) is 5.75 Å². The van der Waals surface area contributed by atoms with Crippen LogP contribution < -0.4 is 10.5 Å². The summed E-state index contributed by atoms with van der Waals surface area (Å²) in [4.78, 5) is 2.15. The first-order valence-electron chi connectivity index (χ1n) is 5.46. The molecule has 1 aromatic carbocycles. The summed E-state index contributed by atoms with van der Waals surface area (Å²) in [5.41, 5.74) is 7.59. The lowest BCUT2D eigenvalue weighted by atomic mass is 10.1. The number of nitrogens with two attached hydrogens (primary N) is 1. The van der Waals surface area contributed by atoms with E-state index in [-0.39, 0.29) is 6.61 Å². The Bertz CT molecular complexity index is 329. The number of ether oxygens (including phenoxy) is 1. The second-order valence-corrected chi connectivity index (χ2v) is 3.71. The van der Waals surface area contributed by atoms with E-state index in [0.29, 0.717) is 12.2 Å². The van der Waals surface area contributed by atoms with E-state index < -0.39 is 0 Å². The van der Waals surface area contributed by atoms with Gasteiger partial charge in [-0.3, -0.25) is 4.90 Å². The standard InChI is InChI=1S/C12H20N2O2/c1-3-14(4-5-15)9-10-6-11(13)8-12(7-10)16-2/h6-8,15H,3-5,9,13H2,1-2H3. The third-order valence-electron chi connectivity index (χ3n) is 2.49. The molecule has 1 aromatic rings. The maximum atomic E-state index is 8.91. The Morgan fingerprint density at radius 2 is 2.12 bits per heavy atom. The minimum atomic E-state index is 0.174. The molecule has 0 aliphatic rings. The summed E-state index contributed by atoms with van der Waals surface area (Å²) in [6.45, 7) is 4.59. The lowest BCUT2D eigenvalue weighted by Gasteiger charge is -2.19. The van der Waals surface area contributed by atoms with E-state index >= 15 is 0 Å². The zero-order chi connectivity index (χ0) is 12.0. The number of hydrogen-bond acceptors (Lipinski definition) is 4. The molecule has 0 aliphatic carbocycles. The molecule has 0 fully saturated rings. The summed E-state index contributed by atoms with van der Waals surface area (Å²) in [6.07, 6.45) is 0. The molecule has 0 heterocycles. The normalized spacial score (nSPS) is 10.8. The zero-order valence-electron chi connectivity index (χ0n) is 9.94. The monoisotopic (exact) mass is 224 g/mol. The van der Waals surface area contributed by atoms with Gasteiger partial charge in [0.15, 0.2) is 0 Å². The fraction of sp³-hybridized carbons (Fsp3) is 0.500. The number of rotatable bonds is 6. The molecule has 1 rings (SSSR count). The molecule has 0 aliphatic heterocycles. The molecule has 4 heteroatoms. The molecule has 3 N–H and O–H groups in total. The van der Waals surface area contributed by atoms with Gasteiger partial charge in [-0.05, 0) is 24.2 Å². The predicted molar refractivity (Wildman–Crippen MR) is 65.4 cm³/mol. The predicted octanol–water partition coefficient (Wildman–Crippen LogP) is 1.09. The largest absolute Gasteiger partial charge is 0.497 e. The number of hydrogen-bond donors (Lipinski definition) is 2. The van der Waals surface area contributed by atoms with Gasteiger partial charge in [-0.25, -0.2) is 0 Å². The van der Waals surface area contributed by atoms with Crippen LogP contribution in [0.15, 0.2) is 18.2 Å². The highest BCUT2D eigenvalue weighted by atomic mass is 16.5. The van der Waals surface area contributed by atoms with Gasteiger partial charge < -0.3 is 15.6 Å². The van der Waals surface area contributed by atoms with Crippen LogP contribution in [0.1, 0.15) is 12.5 Å². The summed E-state index contributed by atoms with van der Waals surface area (Å²) in [6, 6.07) is 5.70. The van der Waals surface area contributed by atoms with Crippen molar-refractivity contribution in [1.29, 1.82) is 0 Å². The van der Waals surface area contributed by atoms with Crippen LogP contribution >= 0.6 is 0 Å². The molecule has 0 radical (unpaired) electrons. The van der Waals surface area contributed by atoms with Crippen molar-refractivity contribution in [2.75, 3.05) is 32.5 Å². The van der Waals surface area contributed by atoms with E-state index in [2.05, 4.69) is 11.8 Å². The first-order valence-corrected chi connectivity index (χ1v) is 5.46. The Morgan fingerprint density at radius 1 is 1.38 bits per heavy atom. The van der Waals surface area contributed by atoms with Gasteiger partial charge in [0.2, 0.25) is 0 Å². The third kappa shape index (κ3) is 3.72. The Kier molecular flexibility index (Phi) is 5.08. The van der Waals surface area contributed by atoms with E-state index in [1.54, 1.807) is 13.2 Å². The molecular weight excluding hydrogens is 204 g/mol. The van der Waals surface area contributed by atoms with Crippen molar-refractivity contribution in [3.63, 3.8) is 0 Å². The van der Waals surface area contributed by atoms with E-state index in [9.17, 15) is 0 Å². The Labute approximate surface area is 96.6 Å². The Morgan fingerprint density at radius 3 is 2.69 bits per heavy atom. The van der Waals surface area contributed by atoms with Crippen molar-refractivity contribution in [1.82, 2.24) is 4.90 Å². The van der Waals surface area contributed by atoms with Crippen LogP contribution in [0.25, 0.3) is 0 Å². The fourth-order valence-corrected chi connectivity index (χ4v) is 1.64. The van der Waals surface area contributed by atoms with Crippen LogP contribution in [0.5, 0.6) is 5.75 Å². The Hall–Kier alpha value is -1.26. The molecule has 0 aromatic heterocycles. The van der Waals surface area contributed by atoms with Crippen LogP contribution in [0.2, 0.25) is 0 Å². The maximum Gasteiger partial charge on any atom is 0.121 e. The van der Waals surface area contributed by atoms with Crippen molar-refractivity contribution >= 4 is 5.69 Å². The smallest absolute Gasteiger partial charge is 0.121 e. The van der Waals surface area contributed by atoms with Gasteiger partial charge >= 0.3 is 0 Å². The molecule has 0 spiro atoms. The van der Waals surface area contributed by atoms with E-state index in [0.717, 1.165) is 24.4 Å². The van der Waals surface area contributed by atoms with Gasteiger partial charge in [-0.1, -0.05) is 6.92 Å². The molecule has 0 amide bonds. The fourth-order valence-electron chi connectivity index (χ4n) is 1.64. The van der Waals surface area contributed by atoms with Crippen LogP contribution in [0.3, 0.4) is 0 Å². The highest BCUT2D eigenvalue weighted by molar-refractivity contribution is 5.47. The molecule has 16 heavy (non-hydrogen) atoms. The number of aliphatic hydroxyl groups excluding tert-OH is 1. The average molecular weight is 224 g/mol. The van der Waals surface area contributed by atoms with E-state index in [1.807, 2.05) is 12.1 Å². The molecule has 0 atom stereocenters. The van der Waals surface area contributed by atoms with Crippen LogP contribution in [0.4, 0.5) is 5.69 Å². The molecule has 4 nitrogen and oxygen atoms in total. The van der Waals surface area contributed by atoms with Crippen molar-refractivity contribution in [2.24, 2.45) is 0 Å². The summed E-state index contributed by atoms with van der Waals surface area (Å²) in [7, 11) is 1.63. The first-order chi connectivity index (χ1) is 7.69. The molecule has 0 unspecified atom stereocenters. The van der Waals surface area contributed by atoms with Crippen molar-refractivity contribution in [2.45, 2.75) is 13.5 Å². The summed E-state index contributed by atoms with van der Waals surface area (Å²) in [5, 5.41) is 8.91. The summed E-state index contributed by atoms with van der Waals surface area (Å²) >= 11 is 0. The minimum Gasteiger partial charge on any atom is -0.497 e. The maximum absolute atomic E-state index is 8.91. The third-order valence-corrected chi connectivity index (χ3v) is 2.49. The molecular formula is C12H20N2O2. The molecule has 0 saturated heterocycles. The van der Waals surface area contributed by atoms with Crippen LogP contribution in [-0.2, 0) is 6.54 Å². The van der Waals surface area contributed by atoms with Gasteiger partial charge in [0.1, 0.15) is 5.75 Å². The Balaban J connectivity index is 2.74. The second-order valence-electron chi connectivity index (χ2n) is 3.71. The van der Waals surface area contributed by atoms with E-state index in [1.165, 1.54) is 0 Å². The van der Waals surface area contributed by atoms with Crippen molar-refractivity contribution < 1.29 is 9.84 Å². The van der Waals surface area contributed by atoms with Crippen LogP contribution in [0, 0.1) is 0 Å². The lowest BCUT2D eigenvalue weighted by Crippen LogP contribution is -2.26. The lowest BCUT2D eigenvalue weighted by molar-refractivity contribution is 0.196. The molecule has 90 valence electrons. The number of nitrogens with zero attached hydrogens (tertiary/aromatic N) is 1. The van der Waals surface area contributed by atoms with Crippen LogP contribution in [-0.4, -0.2) is 36.8 Å². The van der Waals surface area contributed by atoms with Gasteiger partial charge in [-0.2, -0.15) is 0 Å². The summed E-state index contributed by atoms with van der Waals surface area (Å²) in [5.74, 6) is 0.773.